The molecule has 6 N–H and O–H groups in total. The fraction of sp³-hybridized carbons (Fsp3) is 0.565. The van der Waals surface area contributed by atoms with Crippen molar-refractivity contribution in [1.29, 1.82) is 0 Å². The normalized spacial score (nSPS) is 31.7. The van der Waals surface area contributed by atoms with Crippen molar-refractivity contribution in [3.8, 4) is 23.0 Å². The van der Waals surface area contributed by atoms with Crippen molar-refractivity contribution in [2.45, 2.75) is 124 Å². The van der Waals surface area contributed by atoms with Crippen molar-refractivity contribution in [2.75, 3.05) is 25.5 Å². The highest BCUT2D eigenvalue weighted by molar-refractivity contribution is 6.23. The van der Waals surface area contributed by atoms with E-state index in [1.54, 1.807) is 39.8 Å². The summed E-state index contributed by atoms with van der Waals surface area (Å²) in [4.78, 5) is 40.7. The minimum Gasteiger partial charge on any atom is -0.507 e. The summed E-state index contributed by atoms with van der Waals surface area (Å²) in [6, 6.07) is 0. The molecular formula is C46H63N3O12. The van der Waals surface area contributed by atoms with Crippen LogP contribution in [0.4, 0.5) is 5.69 Å². The highest BCUT2D eigenvalue weighted by Gasteiger charge is 2.50. The molecule has 0 aromatic heterocycles. The van der Waals surface area contributed by atoms with Gasteiger partial charge in [-0.2, -0.15) is 5.10 Å². The van der Waals surface area contributed by atoms with Gasteiger partial charge in [-0.3, -0.25) is 19.4 Å². The van der Waals surface area contributed by atoms with Crippen molar-refractivity contribution >= 4 is 40.3 Å². The van der Waals surface area contributed by atoms with Crippen molar-refractivity contribution < 1.29 is 58.9 Å². The van der Waals surface area contributed by atoms with Gasteiger partial charge >= 0.3 is 11.8 Å². The Kier molecular flexibility index (Phi) is 15.2. The van der Waals surface area contributed by atoms with Crippen LogP contribution < -0.4 is 10.1 Å². The number of benzene rings is 2. The number of rotatable bonds is 4. The van der Waals surface area contributed by atoms with E-state index in [2.05, 4.69) is 10.4 Å². The third-order valence-corrected chi connectivity index (χ3v) is 12.5. The molecule has 61 heavy (non-hydrogen) atoms. The van der Waals surface area contributed by atoms with Crippen LogP contribution in [-0.4, -0.2) is 105 Å². The second-order valence-electron chi connectivity index (χ2n) is 16.9. The number of methoxy groups -OCH3 is 1. The molecule has 4 aliphatic rings. The Morgan fingerprint density at radius 1 is 0.902 bits per heavy atom. The average molecular weight is 850 g/mol. The van der Waals surface area contributed by atoms with Crippen LogP contribution in [0.3, 0.4) is 0 Å². The highest BCUT2D eigenvalue weighted by Crippen LogP contribution is 2.55. The number of amides is 1. The van der Waals surface area contributed by atoms with Crippen LogP contribution in [0.25, 0.3) is 10.8 Å². The zero-order valence-corrected chi connectivity index (χ0v) is 36.7. The standard InChI is InChI=1S/C46H63N3O12/c1-24-17-16-18-25(2)45(57)48-36-31(23-47-49-20-14-12-10-11-13-15-21-49)40(54)33-34(41(36)55)39(53)29(6)43-35(33)44(56)46(8,61-43)59-22-19-32(58-9)26(3)42(60-30(7)50)28(5)38(52)27(4)37(24)51/h16-19,22-24,26-28,32,37-38,42,51-55H,10-15,20-21H2,1-9H3,(H,48,57)/b17-16+,22-19+,25-18-,47-23?/t24-,26+,27+,28+,32-,37-,38+,42+,46-/m0/s1. The molecule has 334 valence electrons. The van der Waals surface area contributed by atoms with Crippen molar-refractivity contribution in [2.24, 2.45) is 28.8 Å². The van der Waals surface area contributed by atoms with E-state index in [0.717, 1.165) is 38.5 Å². The molecule has 4 heterocycles. The number of allylic oxidation sites excluding steroid dienone is 2. The molecule has 1 amide bonds. The molecule has 0 radical (unpaired) electrons. The summed E-state index contributed by atoms with van der Waals surface area (Å²) in [5.74, 6) is -8.25. The molecule has 4 aliphatic heterocycles. The molecule has 1 fully saturated rings. The third-order valence-electron chi connectivity index (χ3n) is 12.5. The first-order chi connectivity index (χ1) is 28.8. The number of nitrogens with zero attached hydrogens (tertiary/aromatic N) is 2. The minimum absolute atomic E-state index is 0.0645. The number of anilines is 1. The molecule has 2 aromatic rings. The topological polar surface area (TPSA) is 217 Å². The largest absolute Gasteiger partial charge is 0.507 e. The number of aliphatic hydroxyl groups excluding tert-OH is 2. The van der Waals surface area contributed by atoms with Gasteiger partial charge in [-0.1, -0.05) is 71.6 Å². The number of aromatic hydroxyl groups is 3. The fourth-order valence-electron chi connectivity index (χ4n) is 8.53. The predicted octanol–water partition coefficient (Wildman–Crippen LogP) is 6.74. The van der Waals surface area contributed by atoms with Crippen LogP contribution in [-0.2, 0) is 23.8 Å². The van der Waals surface area contributed by atoms with Gasteiger partial charge in [0.1, 0.15) is 23.4 Å². The number of nitrogens with one attached hydrogen (secondary N) is 1. The van der Waals surface area contributed by atoms with Crippen LogP contribution in [0.5, 0.6) is 23.0 Å². The number of fused-ring (bicyclic) bond motifs is 14. The molecule has 0 saturated carbocycles. The van der Waals surface area contributed by atoms with E-state index < -0.39 is 88.8 Å². The minimum atomic E-state index is -2.04. The van der Waals surface area contributed by atoms with E-state index in [1.165, 1.54) is 59.4 Å². The molecule has 0 unspecified atom stereocenters. The lowest BCUT2D eigenvalue weighted by atomic mass is 9.78. The molecule has 1 saturated heterocycles. The Morgan fingerprint density at radius 2 is 1.54 bits per heavy atom. The maximum absolute atomic E-state index is 14.5. The summed E-state index contributed by atoms with van der Waals surface area (Å²) in [5.41, 5.74) is -0.276. The summed E-state index contributed by atoms with van der Waals surface area (Å²) in [6.45, 7) is 13.9. The number of carbonyl (C=O) groups excluding carboxylic acids is 3. The van der Waals surface area contributed by atoms with Gasteiger partial charge in [0.15, 0.2) is 5.75 Å². The summed E-state index contributed by atoms with van der Waals surface area (Å²) >= 11 is 0. The van der Waals surface area contributed by atoms with E-state index in [-0.39, 0.29) is 44.5 Å². The molecule has 5 bridgehead atoms. The van der Waals surface area contributed by atoms with Crippen molar-refractivity contribution in [1.82, 2.24) is 5.01 Å². The molecular weight excluding hydrogens is 787 g/mol. The first kappa shape index (κ1) is 46.9. The number of ether oxygens (including phenoxy) is 4. The number of esters is 1. The lowest BCUT2D eigenvalue weighted by Crippen LogP contribution is -2.46. The summed E-state index contributed by atoms with van der Waals surface area (Å²) < 4.78 is 23.7. The number of phenolic OH excluding ortho intramolecular Hbond substituents is 3. The SMILES string of the molecule is CO[C@H]1/C=C/O[C@@]2(C)Oc3c(C)c(O)c4c(O)c(c(C=NN5CCCCCCCC5)c(O)c4c3C2=O)NC(=O)/C(C)=C\C=C\[C@H](C)[C@H](O)[C@@H](C)[C@@H](O)[C@@H](C)[C@H](OC(C)=O)[C@@H]1C. The van der Waals surface area contributed by atoms with Crippen molar-refractivity contribution in [3.05, 3.63) is 52.8 Å². The third kappa shape index (κ3) is 9.84. The maximum atomic E-state index is 14.5. The van der Waals surface area contributed by atoms with Crippen LogP contribution in [0.15, 0.2) is 41.2 Å². The van der Waals surface area contributed by atoms with Crippen LogP contribution in [0.2, 0.25) is 0 Å². The number of aliphatic hydroxyl groups is 2. The summed E-state index contributed by atoms with van der Waals surface area (Å²) in [7, 11) is 1.44. The zero-order valence-electron chi connectivity index (χ0n) is 36.7. The molecule has 0 aliphatic carbocycles. The number of ketones is 1. The number of phenols is 3. The molecule has 0 spiro atoms. The van der Waals surface area contributed by atoms with E-state index in [1.807, 2.05) is 5.01 Å². The Morgan fingerprint density at radius 3 is 2.16 bits per heavy atom. The molecule has 2 aromatic carbocycles. The molecule has 15 nitrogen and oxygen atoms in total. The maximum Gasteiger partial charge on any atom is 0.312 e. The van der Waals surface area contributed by atoms with Crippen LogP contribution in [0, 0.1) is 30.6 Å². The van der Waals surface area contributed by atoms with Gasteiger partial charge < -0.3 is 49.8 Å². The highest BCUT2D eigenvalue weighted by atomic mass is 16.7. The quantitative estimate of drug-likeness (QED) is 0.0814. The van der Waals surface area contributed by atoms with Gasteiger partial charge in [0, 0.05) is 74.2 Å². The zero-order chi connectivity index (χ0) is 44.9. The number of hydrogen-bond acceptors (Lipinski definition) is 14. The monoisotopic (exact) mass is 849 g/mol. The molecule has 15 heteroatoms. The first-order valence-electron chi connectivity index (χ1n) is 21.2. The van der Waals surface area contributed by atoms with E-state index in [4.69, 9.17) is 18.9 Å². The van der Waals surface area contributed by atoms with Crippen LogP contribution >= 0.6 is 0 Å². The Labute approximate surface area is 357 Å². The van der Waals surface area contributed by atoms with Gasteiger partial charge in [-0.15, -0.1) is 0 Å². The number of hydrazone groups is 1. The van der Waals surface area contributed by atoms with Gasteiger partial charge in [0.25, 0.3) is 11.7 Å². The van der Waals surface area contributed by atoms with E-state index in [0.29, 0.717) is 13.1 Å². The molecule has 6 rings (SSSR count). The smallest absolute Gasteiger partial charge is 0.312 e. The van der Waals surface area contributed by atoms with Crippen molar-refractivity contribution in [3.63, 3.8) is 0 Å². The Hall–Kier alpha value is -5.12. The predicted molar refractivity (Wildman–Crippen MR) is 231 cm³/mol. The van der Waals surface area contributed by atoms with E-state index >= 15 is 0 Å². The lowest BCUT2D eigenvalue weighted by Gasteiger charge is -2.38. The van der Waals surface area contributed by atoms with Gasteiger partial charge in [-0.05, 0) is 32.8 Å². The summed E-state index contributed by atoms with van der Waals surface area (Å²) in [5, 5.41) is 67.5. The fourth-order valence-corrected chi connectivity index (χ4v) is 8.53. The second-order valence-corrected chi connectivity index (χ2v) is 16.9. The Bertz CT molecular complexity index is 2090. The second kappa shape index (κ2) is 19.7. The molecule has 9 atom stereocenters. The van der Waals surface area contributed by atoms with Crippen LogP contribution in [0.1, 0.15) is 108 Å². The van der Waals surface area contributed by atoms with E-state index in [9.17, 15) is 39.9 Å². The number of hydrogen-bond donors (Lipinski definition) is 6. The number of carbonyl (C=O) groups is 3. The van der Waals surface area contributed by atoms with Gasteiger partial charge in [0.2, 0.25) is 0 Å². The first-order valence-corrected chi connectivity index (χ1v) is 21.2. The number of Topliss-reactive ketones (excluding diaryl/α,β-unsaturated/α-hetero) is 1. The Balaban J connectivity index is 1.71. The van der Waals surface area contributed by atoms with Gasteiger partial charge in [-0.25, -0.2) is 0 Å². The average Bonchev–Trinajstić information content (AvgIpc) is 3.56. The lowest BCUT2D eigenvalue weighted by molar-refractivity contribution is -0.160. The van der Waals surface area contributed by atoms with Gasteiger partial charge in [0.05, 0.1) is 53.0 Å². The summed E-state index contributed by atoms with van der Waals surface area (Å²) in [6.07, 6.45) is 11.1.